The summed E-state index contributed by atoms with van der Waals surface area (Å²) in [5.74, 6) is -0.824. The molecule has 0 aliphatic carbocycles. The van der Waals surface area contributed by atoms with Gasteiger partial charge in [-0.15, -0.1) is 5.10 Å². The van der Waals surface area contributed by atoms with E-state index in [1.165, 1.54) is 18.2 Å². The molecule has 3 aromatic rings. The van der Waals surface area contributed by atoms with Gasteiger partial charge in [0.2, 0.25) is 17.7 Å². The quantitative estimate of drug-likeness (QED) is 0.429. The number of H-pyrrole nitrogens is 1. The molecule has 10 heteroatoms. The Morgan fingerprint density at radius 3 is 2.68 bits per heavy atom. The van der Waals surface area contributed by atoms with Gasteiger partial charge in [-0.25, -0.2) is 0 Å². The number of nitrogens with zero attached hydrogens (tertiary/aromatic N) is 3. The number of hydrogen-bond acceptors (Lipinski definition) is 7. The van der Waals surface area contributed by atoms with Crippen LogP contribution >= 0.6 is 0 Å². The van der Waals surface area contributed by atoms with Crippen LogP contribution in [0, 0.1) is 28.4 Å². The van der Waals surface area contributed by atoms with Crippen molar-refractivity contribution in [1.29, 1.82) is 5.26 Å². The van der Waals surface area contributed by atoms with E-state index < -0.39 is 16.2 Å². The Morgan fingerprint density at radius 2 is 2.00 bits per heavy atom. The summed E-state index contributed by atoms with van der Waals surface area (Å²) in [5, 5.41) is 31.2. The molecular weight excluding hydrogens is 400 g/mol. The van der Waals surface area contributed by atoms with Crippen LogP contribution in [0.5, 0.6) is 5.88 Å². The Bertz CT molecular complexity index is 1370. The molecule has 0 unspecified atom stereocenters. The zero-order valence-corrected chi connectivity index (χ0v) is 16.1. The Balaban J connectivity index is 1.89. The average molecular weight is 414 g/mol. The Kier molecular flexibility index (Phi) is 3.66. The highest BCUT2D eigenvalue weighted by molar-refractivity contribution is 6.13. The lowest BCUT2D eigenvalue weighted by Gasteiger charge is -2.31. The maximum absolute atomic E-state index is 13.5. The molecule has 3 heterocycles. The van der Waals surface area contributed by atoms with Crippen molar-refractivity contribution in [2.45, 2.75) is 12.3 Å². The van der Waals surface area contributed by atoms with E-state index in [2.05, 4.69) is 15.5 Å². The largest absolute Gasteiger partial charge is 0.420 e. The normalized spacial score (nSPS) is 18.8. The van der Waals surface area contributed by atoms with Crippen LogP contribution in [0.2, 0.25) is 0 Å². The van der Waals surface area contributed by atoms with Crippen molar-refractivity contribution in [3.8, 4) is 23.2 Å². The number of nitriles is 1. The number of aromatic nitrogens is 2. The number of rotatable bonds is 2. The molecule has 0 bridgehead atoms. The molecule has 10 nitrogen and oxygen atoms in total. The van der Waals surface area contributed by atoms with Crippen LogP contribution in [0.4, 0.5) is 11.4 Å². The summed E-state index contributed by atoms with van der Waals surface area (Å²) in [6.45, 7) is 1.94. The zero-order chi connectivity index (χ0) is 21.9. The van der Waals surface area contributed by atoms with Gasteiger partial charge >= 0.3 is 0 Å². The van der Waals surface area contributed by atoms with Crippen molar-refractivity contribution in [2.75, 3.05) is 5.32 Å². The van der Waals surface area contributed by atoms with Crippen molar-refractivity contribution in [3.63, 3.8) is 0 Å². The molecule has 4 N–H and O–H groups in total. The Labute approximate surface area is 175 Å². The highest BCUT2D eigenvalue weighted by Crippen LogP contribution is 2.55. The number of nitro benzene ring substituents is 1. The topological polar surface area (TPSA) is 160 Å². The van der Waals surface area contributed by atoms with Crippen molar-refractivity contribution in [3.05, 3.63) is 80.7 Å². The summed E-state index contributed by atoms with van der Waals surface area (Å²) >= 11 is 0. The number of ether oxygens (including phenoxy) is 1. The number of carbonyl (C=O) groups excluding carboxylic acids is 1. The molecule has 2 aliphatic heterocycles. The molecule has 1 aromatic heterocycles. The first-order chi connectivity index (χ1) is 14.9. The van der Waals surface area contributed by atoms with Crippen LogP contribution in [-0.2, 0) is 10.2 Å². The summed E-state index contributed by atoms with van der Waals surface area (Å²) in [7, 11) is 0. The number of non-ortho nitro benzene ring substituents is 1. The average Bonchev–Trinajstić information content (AvgIpc) is 3.28. The fourth-order valence-corrected chi connectivity index (χ4v) is 4.18. The van der Waals surface area contributed by atoms with E-state index in [-0.39, 0.29) is 34.2 Å². The Morgan fingerprint density at radius 1 is 1.26 bits per heavy atom. The van der Waals surface area contributed by atoms with Gasteiger partial charge in [-0.1, -0.05) is 29.8 Å². The molecular formula is C21H14N6O4. The summed E-state index contributed by atoms with van der Waals surface area (Å²) in [4.78, 5) is 24.4. The minimum Gasteiger partial charge on any atom is -0.420 e. The Hall–Kier alpha value is -4.65. The van der Waals surface area contributed by atoms with Gasteiger partial charge in [-0.05, 0) is 13.0 Å². The number of nitrogens with two attached hydrogens (primary N) is 1. The number of aryl methyl sites for hydroxylation is 1. The first kappa shape index (κ1) is 18.4. The van der Waals surface area contributed by atoms with Crippen LogP contribution in [0.15, 0.2) is 53.9 Å². The second-order valence-electron chi connectivity index (χ2n) is 7.29. The van der Waals surface area contributed by atoms with E-state index in [0.717, 1.165) is 5.56 Å². The zero-order valence-electron chi connectivity index (χ0n) is 16.1. The molecule has 2 aliphatic rings. The monoisotopic (exact) mass is 414 g/mol. The fraction of sp³-hybridized carbons (Fsp3) is 0.0952. The van der Waals surface area contributed by atoms with Gasteiger partial charge < -0.3 is 15.8 Å². The van der Waals surface area contributed by atoms with Gasteiger partial charge in [-0.3, -0.25) is 20.0 Å². The number of hydrogen-bond donors (Lipinski definition) is 3. The number of amides is 1. The van der Waals surface area contributed by atoms with Crippen molar-refractivity contribution in [2.24, 2.45) is 5.73 Å². The molecule has 0 saturated heterocycles. The van der Waals surface area contributed by atoms with E-state index in [4.69, 9.17) is 10.5 Å². The second-order valence-corrected chi connectivity index (χ2v) is 7.29. The second kappa shape index (κ2) is 6.17. The van der Waals surface area contributed by atoms with E-state index in [0.29, 0.717) is 16.9 Å². The standard InChI is InChI=1S/C21H14N6O4/c1-10-2-4-11(5-3-10)17-16-19(26-25-17)31-18(23)14(9-22)21(16)13-8-12(27(29)30)6-7-15(13)24-20(21)28/h2-8H,23H2,1H3,(H,24,28)(H,25,26)/t21-/m1/s1. The van der Waals surface area contributed by atoms with Crippen LogP contribution in [0.1, 0.15) is 16.7 Å². The van der Waals surface area contributed by atoms with Crippen LogP contribution in [0.25, 0.3) is 11.3 Å². The van der Waals surface area contributed by atoms with Crippen LogP contribution < -0.4 is 15.8 Å². The maximum atomic E-state index is 13.5. The minimum atomic E-state index is -1.75. The van der Waals surface area contributed by atoms with Crippen LogP contribution in [-0.4, -0.2) is 21.0 Å². The first-order valence-corrected chi connectivity index (χ1v) is 9.22. The van der Waals surface area contributed by atoms with Gasteiger partial charge in [0.25, 0.3) is 5.69 Å². The van der Waals surface area contributed by atoms with Crippen molar-refractivity contribution in [1.82, 2.24) is 10.2 Å². The summed E-state index contributed by atoms with van der Waals surface area (Å²) in [5.41, 5.74) is 6.92. The molecule has 31 heavy (non-hydrogen) atoms. The highest BCUT2D eigenvalue weighted by atomic mass is 16.6. The smallest absolute Gasteiger partial charge is 0.269 e. The number of nitro groups is 1. The van der Waals surface area contributed by atoms with Gasteiger partial charge in [-0.2, -0.15) is 5.26 Å². The van der Waals surface area contributed by atoms with Gasteiger partial charge in [0.15, 0.2) is 0 Å². The van der Waals surface area contributed by atoms with E-state index in [1.807, 2.05) is 37.3 Å². The third-order valence-electron chi connectivity index (χ3n) is 5.59. The number of fused-ring (bicyclic) bond motifs is 4. The SMILES string of the molecule is Cc1ccc(-c2[nH]nc3c2[C@]2(C(=O)Nc4ccc([N+](=O)[O-])cc42)C(C#N)=C(N)O3)cc1. The molecule has 2 aromatic carbocycles. The third-order valence-corrected chi connectivity index (χ3v) is 5.59. The molecule has 1 amide bonds. The molecule has 1 atom stereocenters. The van der Waals surface area contributed by atoms with E-state index in [9.17, 15) is 20.2 Å². The number of anilines is 1. The molecule has 152 valence electrons. The third kappa shape index (κ3) is 2.31. The van der Waals surface area contributed by atoms with E-state index in [1.54, 1.807) is 0 Å². The lowest BCUT2D eigenvalue weighted by Crippen LogP contribution is -2.42. The van der Waals surface area contributed by atoms with E-state index >= 15 is 0 Å². The molecule has 0 saturated carbocycles. The fourth-order valence-electron chi connectivity index (χ4n) is 4.18. The number of benzene rings is 2. The van der Waals surface area contributed by atoms with Crippen molar-refractivity contribution >= 4 is 17.3 Å². The summed E-state index contributed by atoms with van der Waals surface area (Å²) < 4.78 is 5.57. The predicted molar refractivity (Wildman–Crippen MR) is 109 cm³/mol. The lowest BCUT2D eigenvalue weighted by molar-refractivity contribution is -0.384. The first-order valence-electron chi connectivity index (χ1n) is 9.22. The van der Waals surface area contributed by atoms with Crippen molar-refractivity contribution < 1.29 is 14.5 Å². The number of aromatic amines is 1. The van der Waals surface area contributed by atoms with Gasteiger partial charge in [0.05, 0.1) is 16.2 Å². The number of nitrogens with one attached hydrogen (secondary N) is 2. The maximum Gasteiger partial charge on any atom is 0.269 e. The molecule has 0 radical (unpaired) electrons. The van der Waals surface area contributed by atoms with Gasteiger partial charge in [0, 0.05) is 28.9 Å². The molecule has 1 spiro atoms. The van der Waals surface area contributed by atoms with Gasteiger partial charge in [0.1, 0.15) is 17.1 Å². The number of carbonyl (C=O) groups is 1. The summed E-state index contributed by atoms with van der Waals surface area (Å²) in [6.07, 6.45) is 0. The molecule has 5 rings (SSSR count). The highest BCUT2D eigenvalue weighted by Gasteiger charge is 2.59. The summed E-state index contributed by atoms with van der Waals surface area (Å²) in [6, 6.07) is 13.4. The lowest BCUT2D eigenvalue weighted by atomic mass is 9.68. The minimum absolute atomic E-state index is 0.0292. The van der Waals surface area contributed by atoms with Crippen LogP contribution in [0.3, 0.4) is 0 Å². The molecule has 0 fully saturated rings. The predicted octanol–water partition coefficient (Wildman–Crippen LogP) is 2.62.